The summed E-state index contributed by atoms with van der Waals surface area (Å²) in [5.41, 5.74) is 0.299. The molecule has 142 valence electrons. The van der Waals surface area contributed by atoms with Gasteiger partial charge in [0.05, 0.1) is 5.56 Å². The SMILES string of the molecule is CC(=O)O[C@@H]1[C@@H](OC(C)=O)[C@H](O)[C@@H](COC(=O)c2ccccc2)O[C@H]1O. The number of carbonyl (C=O) groups is 3. The summed E-state index contributed by atoms with van der Waals surface area (Å²) in [6.07, 6.45) is -7.14. The summed E-state index contributed by atoms with van der Waals surface area (Å²) in [4.78, 5) is 34.4. The predicted octanol–water partition coefficient (Wildman–Crippen LogP) is -0.215. The highest BCUT2D eigenvalue weighted by Crippen LogP contribution is 2.25. The van der Waals surface area contributed by atoms with Gasteiger partial charge in [0.1, 0.15) is 18.8 Å². The van der Waals surface area contributed by atoms with Crippen LogP contribution in [0.3, 0.4) is 0 Å². The van der Waals surface area contributed by atoms with Crippen LogP contribution in [-0.2, 0) is 28.5 Å². The van der Waals surface area contributed by atoms with Gasteiger partial charge in [0.2, 0.25) is 0 Å². The Kier molecular flexibility index (Phi) is 6.67. The Bertz CT molecular complexity index is 645. The summed E-state index contributed by atoms with van der Waals surface area (Å²) in [6, 6.07) is 8.15. The first kappa shape index (κ1) is 19.8. The number of esters is 3. The Balaban J connectivity index is 2.06. The van der Waals surface area contributed by atoms with Gasteiger partial charge < -0.3 is 29.2 Å². The van der Waals surface area contributed by atoms with Gasteiger partial charge >= 0.3 is 17.9 Å². The van der Waals surface area contributed by atoms with Crippen molar-refractivity contribution in [2.24, 2.45) is 0 Å². The first-order chi connectivity index (χ1) is 12.3. The molecule has 1 saturated heterocycles. The molecular formula is C17H20O9. The maximum Gasteiger partial charge on any atom is 0.338 e. The zero-order valence-electron chi connectivity index (χ0n) is 14.2. The van der Waals surface area contributed by atoms with Crippen LogP contribution in [0.2, 0.25) is 0 Å². The van der Waals surface area contributed by atoms with Crippen molar-refractivity contribution < 1.29 is 43.5 Å². The second kappa shape index (κ2) is 8.75. The first-order valence-electron chi connectivity index (χ1n) is 7.87. The van der Waals surface area contributed by atoms with Crippen molar-refractivity contribution in [3.05, 3.63) is 35.9 Å². The summed E-state index contributed by atoms with van der Waals surface area (Å²) in [7, 11) is 0. The van der Waals surface area contributed by atoms with Gasteiger partial charge in [-0.25, -0.2) is 4.79 Å². The molecule has 1 aliphatic rings. The van der Waals surface area contributed by atoms with Gasteiger partial charge in [-0.05, 0) is 12.1 Å². The van der Waals surface area contributed by atoms with E-state index in [4.69, 9.17) is 18.9 Å². The number of benzene rings is 1. The lowest BCUT2D eigenvalue weighted by molar-refractivity contribution is -0.292. The van der Waals surface area contributed by atoms with E-state index in [0.29, 0.717) is 5.56 Å². The second-order valence-corrected chi connectivity index (χ2v) is 5.67. The average molecular weight is 368 g/mol. The quantitative estimate of drug-likeness (QED) is 0.535. The molecule has 2 N–H and O–H groups in total. The predicted molar refractivity (Wildman–Crippen MR) is 84.7 cm³/mol. The van der Waals surface area contributed by atoms with Gasteiger partial charge in [-0.3, -0.25) is 9.59 Å². The monoisotopic (exact) mass is 368 g/mol. The molecule has 0 radical (unpaired) electrons. The van der Waals surface area contributed by atoms with E-state index in [2.05, 4.69) is 0 Å². The molecule has 2 rings (SSSR count). The zero-order valence-corrected chi connectivity index (χ0v) is 14.2. The fourth-order valence-corrected chi connectivity index (χ4v) is 2.50. The molecule has 1 fully saturated rings. The minimum absolute atomic E-state index is 0.299. The Morgan fingerprint density at radius 1 is 1.00 bits per heavy atom. The molecule has 0 amide bonds. The van der Waals surface area contributed by atoms with Crippen molar-refractivity contribution in [2.45, 2.75) is 44.6 Å². The van der Waals surface area contributed by atoms with Crippen molar-refractivity contribution in [3.63, 3.8) is 0 Å². The molecule has 1 heterocycles. The van der Waals surface area contributed by atoms with Crippen molar-refractivity contribution in [1.82, 2.24) is 0 Å². The number of carbonyl (C=O) groups excluding carboxylic acids is 3. The summed E-state index contributed by atoms with van der Waals surface area (Å²) in [5.74, 6) is -2.15. The third kappa shape index (κ3) is 5.01. The molecule has 0 bridgehead atoms. The summed E-state index contributed by atoms with van der Waals surface area (Å²) in [5, 5.41) is 20.4. The van der Waals surface area contributed by atoms with E-state index in [1.54, 1.807) is 30.3 Å². The normalized spacial score (nSPS) is 28.1. The maximum absolute atomic E-state index is 12.0. The standard InChI is InChI=1S/C17H20O9/c1-9(18)24-14-13(20)12(26-17(22)15(14)25-10(2)19)8-23-16(21)11-6-4-3-5-7-11/h3-7,12-15,17,20,22H,8H2,1-2H3/t12-,13-,14+,15-,17-/m1/s1. The van der Waals surface area contributed by atoms with E-state index < -0.39 is 55.2 Å². The third-order valence-electron chi connectivity index (χ3n) is 3.63. The Morgan fingerprint density at radius 2 is 1.58 bits per heavy atom. The molecule has 5 atom stereocenters. The average Bonchev–Trinajstić information content (AvgIpc) is 2.59. The van der Waals surface area contributed by atoms with Crippen LogP contribution in [0.1, 0.15) is 24.2 Å². The van der Waals surface area contributed by atoms with E-state index >= 15 is 0 Å². The van der Waals surface area contributed by atoms with Crippen molar-refractivity contribution in [3.8, 4) is 0 Å². The largest absolute Gasteiger partial charge is 0.459 e. The van der Waals surface area contributed by atoms with Crippen LogP contribution in [-0.4, -0.2) is 65.4 Å². The molecule has 0 aromatic heterocycles. The smallest absolute Gasteiger partial charge is 0.338 e. The lowest BCUT2D eigenvalue weighted by atomic mass is 9.98. The maximum atomic E-state index is 12.0. The van der Waals surface area contributed by atoms with Crippen LogP contribution < -0.4 is 0 Å². The number of hydrogen-bond donors (Lipinski definition) is 2. The van der Waals surface area contributed by atoms with Crippen LogP contribution >= 0.6 is 0 Å². The minimum atomic E-state index is -1.67. The minimum Gasteiger partial charge on any atom is -0.459 e. The summed E-state index contributed by atoms with van der Waals surface area (Å²) < 4.78 is 20.1. The second-order valence-electron chi connectivity index (χ2n) is 5.67. The summed E-state index contributed by atoms with van der Waals surface area (Å²) in [6.45, 7) is 1.79. The van der Waals surface area contributed by atoms with Crippen LogP contribution in [0, 0.1) is 0 Å². The lowest BCUT2D eigenvalue weighted by Crippen LogP contribution is -2.61. The number of aliphatic hydroxyl groups excluding tert-OH is 2. The first-order valence-corrected chi connectivity index (χ1v) is 7.87. The summed E-state index contributed by atoms with van der Waals surface area (Å²) >= 11 is 0. The van der Waals surface area contributed by atoms with E-state index in [1.807, 2.05) is 0 Å². The van der Waals surface area contributed by atoms with Gasteiger partial charge in [-0.15, -0.1) is 0 Å². The number of hydrogen-bond acceptors (Lipinski definition) is 9. The molecular weight excluding hydrogens is 348 g/mol. The van der Waals surface area contributed by atoms with Crippen LogP contribution in [0.4, 0.5) is 0 Å². The van der Waals surface area contributed by atoms with Crippen LogP contribution in [0.25, 0.3) is 0 Å². The van der Waals surface area contributed by atoms with Crippen LogP contribution in [0.15, 0.2) is 30.3 Å². The molecule has 9 nitrogen and oxygen atoms in total. The molecule has 0 spiro atoms. The van der Waals surface area contributed by atoms with Crippen molar-refractivity contribution in [2.75, 3.05) is 6.61 Å². The van der Waals surface area contributed by atoms with Gasteiger partial charge in [0.15, 0.2) is 18.5 Å². The molecule has 26 heavy (non-hydrogen) atoms. The fourth-order valence-electron chi connectivity index (χ4n) is 2.50. The van der Waals surface area contributed by atoms with Gasteiger partial charge in [0, 0.05) is 13.8 Å². The number of rotatable bonds is 5. The van der Waals surface area contributed by atoms with Gasteiger partial charge in [-0.1, -0.05) is 18.2 Å². The molecule has 0 saturated carbocycles. The van der Waals surface area contributed by atoms with Crippen LogP contribution in [0.5, 0.6) is 0 Å². The molecule has 0 aliphatic carbocycles. The number of aliphatic hydroxyl groups is 2. The lowest BCUT2D eigenvalue weighted by Gasteiger charge is -2.41. The highest BCUT2D eigenvalue weighted by atomic mass is 16.7. The molecule has 9 heteroatoms. The highest BCUT2D eigenvalue weighted by molar-refractivity contribution is 5.89. The van der Waals surface area contributed by atoms with Gasteiger partial charge in [-0.2, -0.15) is 0 Å². The Hall–Kier alpha value is -2.49. The molecule has 1 aromatic carbocycles. The van der Waals surface area contributed by atoms with Crippen molar-refractivity contribution >= 4 is 17.9 Å². The highest BCUT2D eigenvalue weighted by Gasteiger charge is 2.49. The molecule has 0 unspecified atom stereocenters. The van der Waals surface area contributed by atoms with Gasteiger partial charge in [0.25, 0.3) is 0 Å². The zero-order chi connectivity index (χ0) is 19.3. The van der Waals surface area contributed by atoms with E-state index in [1.165, 1.54) is 0 Å². The molecule has 1 aromatic rings. The molecule has 1 aliphatic heterocycles. The van der Waals surface area contributed by atoms with Crippen molar-refractivity contribution in [1.29, 1.82) is 0 Å². The van der Waals surface area contributed by atoms with E-state index in [-0.39, 0.29) is 0 Å². The topological polar surface area (TPSA) is 129 Å². The Morgan fingerprint density at radius 3 is 2.15 bits per heavy atom. The van der Waals surface area contributed by atoms with E-state index in [0.717, 1.165) is 13.8 Å². The fraction of sp³-hybridized carbons (Fsp3) is 0.471. The Labute approximate surface area is 149 Å². The third-order valence-corrected chi connectivity index (χ3v) is 3.63. The number of ether oxygens (including phenoxy) is 4. The van der Waals surface area contributed by atoms with E-state index in [9.17, 15) is 24.6 Å².